The third kappa shape index (κ3) is 4.36. The summed E-state index contributed by atoms with van der Waals surface area (Å²) in [4.78, 5) is 2.33. The molecular formula is C13H20Br2N2. The third-order valence-corrected chi connectivity index (χ3v) is 4.83. The van der Waals surface area contributed by atoms with E-state index < -0.39 is 0 Å². The first-order valence-corrected chi connectivity index (χ1v) is 7.54. The van der Waals surface area contributed by atoms with Gasteiger partial charge in [0.25, 0.3) is 0 Å². The Morgan fingerprint density at radius 1 is 1.29 bits per heavy atom. The highest BCUT2D eigenvalue weighted by Gasteiger charge is 2.15. The summed E-state index contributed by atoms with van der Waals surface area (Å²) in [5.74, 6) is 0. The van der Waals surface area contributed by atoms with Crippen molar-refractivity contribution in [2.75, 3.05) is 20.1 Å². The van der Waals surface area contributed by atoms with Gasteiger partial charge in [0.15, 0.2) is 0 Å². The number of nitrogens with zero attached hydrogens (tertiary/aromatic N) is 1. The van der Waals surface area contributed by atoms with Crippen molar-refractivity contribution in [1.82, 2.24) is 4.90 Å². The lowest BCUT2D eigenvalue weighted by Gasteiger charge is -2.27. The van der Waals surface area contributed by atoms with Crippen LogP contribution in [0.5, 0.6) is 0 Å². The zero-order valence-electron chi connectivity index (χ0n) is 10.4. The molecule has 0 aliphatic carbocycles. The highest BCUT2D eigenvalue weighted by molar-refractivity contribution is 9.13. The summed E-state index contributed by atoms with van der Waals surface area (Å²) < 4.78 is 2.16. The zero-order valence-corrected chi connectivity index (χ0v) is 13.6. The lowest BCUT2D eigenvalue weighted by molar-refractivity contribution is 0.246. The first kappa shape index (κ1) is 15.2. The fraction of sp³-hybridized carbons (Fsp3) is 0.538. The van der Waals surface area contributed by atoms with Crippen LogP contribution in [0, 0.1) is 0 Å². The molecule has 0 radical (unpaired) electrons. The number of benzene rings is 1. The van der Waals surface area contributed by atoms with Crippen LogP contribution >= 0.6 is 31.9 Å². The Labute approximate surface area is 121 Å². The quantitative estimate of drug-likeness (QED) is 0.829. The van der Waals surface area contributed by atoms with Crippen LogP contribution in [0.15, 0.2) is 27.1 Å². The summed E-state index contributed by atoms with van der Waals surface area (Å²) in [5.41, 5.74) is 7.16. The fourth-order valence-corrected chi connectivity index (χ4v) is 2.50. The Morgan fingerprint density at radius 2 is 2.00 bits per heavy atom. The summed E-state index contributed by atoms with van der Waals surface area (Å²) in [7, 11) is 2.14. The molecule has 17 heavy (non-hydrogen) atoms. The second-order valence-corrected chi connectivity index (χ2v) is 5.97. The van der Waals surface area contributed by atoms with Gasteiger partial charge in [0.1, 0.15) is 0 Å². The number of unbranched alkanes of at least 4 members (excludes halogenated alkanes) is 1. The molecule has 1 unspecified atom stereocenters. The van der Waals surface area contributed by atoms with Crippen LogP contribution in [0.3, 0.4) is 0 Å². The minimum atomic E-state index is 0.297. The molecule has 1 aromatic carbocycles. The number of hydrogen-bond donors (Lipinski definition) is 1. The molecule has 0 aliphatic heterocycles. The van der Waals surface area contributed by atoms with Crippen molar-refractivity contribution in [2.24, 2.45) is 5.73 Å². The number of rotatable bonds is 6. The smallest absolute Gasteiger partial charge is 0.0467 e. The van der Waals surface area contributed by atoms with Crippen LogP contribution in [-0.2, 0) is 0 Å². The van der Waals surface area contributed by atoms with Gasteiger partial charge in [-0.15, -0.1) is 0 Å². The lowest BCUT2D eigenvalue weighted by atomic mass is 10.1. The van der Waals surface area contributed by atoms with Crippen molar-refractivity contribution in [3.8, 4) is 0 Å². The highest BCUT2D eigenvalue weighted by Crippen LogP contribution is 2.28. The van der Waals surface area contributed by atoms with Crippen molar-refractivity contribution in [1.29, 1.82) is 0 Å². The van der Waals surface area contributed by atoms with Crippen molar-refractivity contribution in [3.05, 3.63) is 32.7 Å². The van der Waals surface area contributed by atoms with E-state index in [9.17, 15) is 0 Å². The van der Waals surface area contributed by atoms with Crippen molar-refractivity contribution in [3.63, 3.8) is 0 Å². The third-order valence-electron chi connectivity index (χ3n) is 2.95. The van der Waals surface area contributed by atoms with Crippen LogP contribution < -0.4 is 5.73 Å². The number of likely N-dealkylation sites (N-methyl/N-ethyl adjacent to an activating group) is 1. The monoisotopic (exact) mass is 362 g/mol. The molecule has 96 valence electrons. The lowest BCUT2D eigenvalue weighted by Crippen LogP contribution is -2.31. The molecular weight excluding hydrogens is 344 g/mol. The first-order valence-electron chi connectivity index (χ1n) is 5.95. The molecule has 2 N–H and O–H groups in total. The number of nitrogens with two attached hydrogens (primary N) is 1. The van der Waals surface area contributed by atoms with Gasteiger partial charge in [0.05, 0.1) is 0 Å². The minimum Gasteiger partial charge on any atom is -0.329 e. The molecule has 0 amide bonds. The Bertz CT molecular complexity index is 355. The Morgan fingerprint density at radius 3 is 2.53 bits per heavy atom. The van der Waals surface area contributed by atoms with E-state index in [1.807, 2.05) is 0 Å². The second kappa shape index (κ2) is 7.52. The van der Waals surface area contributed by atoms with E-state index in [-0.39, 0.29) is 0 Å². The van der Waals surface area contributed by atoms with Crippen LogP contribution in [0.25, 0.3) is 0 Å². The Hall–Kier alpha value is 0.1000. The van der Waals surface area contributed by atoms with Crippen LogP contribution in [0.4, 0.5) is 0 Å². The number of hydrogen-bond acceptors (Lipinski definition) is 2. The molecule has 0 bridgehead atoms. The van der Waals surface area contributed by atoms with Crippen molar-refractivity contribution >= 4 is 31.9 Å². The topological polar surface area (TPSA) is 29.3 Å². The predicted molar refractivity (Wildman–Crippen MR) is 81.2 cm³/mol. The summed E-state index contributed by atoms with van der Waals surface area (Å²) in [5, 5.41) is 0. The largest absolute Gasteiger partial charge is 0.329 e. The van der Waals surface area contributed by atoms with Gasteiger partial charge in [-0.25, -0.2) is 0 Å². The van der Waals surface area contributed by atoms with Gasteiger partial charge in [0, 0.05) is 21.5 Å². The molecule has 4 heteroatoms. The maximum Gasteiger partial charge on any atom is 0.0467 e. The van der Waals surface area contributed by atoms with E-state index in [0.717, 1.165) is 15.5 Å². The average Bonchev–Trinajstić information content (AvgIpc) is 2.32. The van der Waals surface area contributed by atoms with Gasteiger partial charge in [-0.1, -0.05) is 19.4 Å². The van der Waals surface area contributed by atoms with Gasteiger partial charge in [0.2, 0.25) is 0 Å². The van der Waals surface area contributed by atoms with E-state index in [1.165, 1.54) is 18.4 Å². The highest BCUT2D eigenvalue weighted by atomic mass is 79.9. The molecule has 1 rings (SSSR count). The molecule has 0 heterocycles. The molecule has 0 aliphatic rings. The fourth-order valence-electron chi connectivity index (χ4n) is 1.85. The Balaban J connectivity index is 2.81. The molecule has 1 atom stereocenters. The summed E-state index contributed by atoms with van der Waals surface area (Å²) >= 11 is 7.03. The maximum absolute atomic E-state index is 5.90. The molecule has 0 aromatic heterocycles. The summed E-state index contributed by atoms with van der Waals surface area (Å²) in [6.45, 7) is 3.95. The molecule has 0 saturated heterocycles. The van der Waals surface area contributed by atoms with Gasteiger partial charge >= 0.3 is 0 Å². The molecule has 2 nitrogen and oxygen atoms in total. The van der Waals surface area contributed by atoms with E-state index in [1.54, 1.807) is 0 Å². The average molecular weight is 364 g/mol. The standard InChI is InChI=1S/C13H20Br2N2/c1-3-4-7-17(2)13(9-16)10-5-6-11(14)12(15)8-10/h5-6,8,13H,3-4,7,9,16H2,1-2H3. The normalized spacial score (nSPS) is 13.1. The first-order chi connectivity index (χ1) is 8.10. The summed E-state index contributed by atoms with van der Waals surface area (Å²) in [6, 6.07) is 6.64. The minimum absolute atomic E-state index is 0.297. The van der Waals surface area contributed by atoms with Crippen LogP contribution in [0.2, 0.25) is 0 Å². The van der Waals surface area contributed by atoms with E-state index in [0.29, 0.717) is 12.6 Å². The molecule has 0 fully saturated rings. The van der Waals surface area contributed by atoms with Gasteiger partial charge in [-0.2, -0.15) is 0 Å². The van der Waals surface area contributed by atoms with Gasteiger partial charge < -0.3 is 5.73 Å². The van der Waals surface area contributed by atoms with Crippen molar-refractivity contribution < 1.29 is 0 Å². The van der Waals surface area contributed by atoms with E-state index >= 15 is 0 Å². The Kier molecular flexibility index (Phi) is 6.70. The maximum atomic E-state index is 5.90. The SMILES string of the molecule is CCCCN(C)C(CN)c1ccc(Br)c(Br)c1. The summed E-state index contributed by atoms with van der Waals surface area (Å²) in [6.07, 6.45) is 2.43. The van der Waals surface area contributed by atoms with Crippen molar-refractivity contribution in [2.45, 2.75) is 25.8 Å². The van der Waals surface area contributed by atoms with Crippen LogP contribution in [-0.4, -0.2) is 25.0 Å². The van der Waals surface area contributed by atoms with Crippen LogP contribution in [0.1, 0.15) is 31.4 Å². The van der Waals surface area contributed by atoms with Gasteiger partial charge in [-0.3, -0.25) is 4.90 Å². The molecule has 0 saturated carbocycles. The van der Waals surface area contributed by atoms with E-state index in [4.69, 9.17) is 5.73 Å². The van der Waals surface area contributed by atoms with Gasteiger partial charge in [-0.05, 0) is 69.6 Å². The second-order valence-electron chi connectivity index (χ2n) is 4.26. The predicted octanol–water partition coefficient (Wildman–Crippen LogP) is 3.94. The van der Waals surface area contributed by atoms with E-state index in [2.05, 4.69) is 68.9 Å². The zero-order chi connectivity index (χ0) is 12.8. The molecule has 0 spiro atoms. The number of halogens is 2. The molecule has 1 aromatic rings.